The van der Waals surface area contributed by atoms with Crippen LogP contribution in [0.4, 0.5) is 0 Å². The highest BCUT2D eigenvalue weighted by Crippen LogP contribution is 2.18. The van der Waals surface area contributed by atoms with Gasteiger partial charge in [-0.3, -0.25) is 0 Å². The fourth-order valence-electron chi connectivity index (χ4n) is 1.70. The first-order valence-electron chi connectivity index (χ1n) is 5.07. The van der Waals surface area contributed by atoms with Gasteiger partial charge in [-0.15, -0.1) is 0 Å². The van der Waals surface area contributed by atoms with Gasteiger partial charge in [0.15, 0.2) is 0 Å². The van der Waals surface area contributed by atoms with Crippen molar-refractivity contribution >= 4 is 5.76 Å². The van der Waals surface area contributed by atoms with E-state index in [9.17, 15) is 5.11 Å². The Bertz CT molecular complexity index is 421. The second kappa shape index (κ2) is 4.18. The molecule has 0 aliphatic heterocycles. The molecule has 0 saturated heterocycles. The van der Waals surface area contributed by atoms with Crippen molar-refractivity contribution in [3.8, 4) is 0 Å². The minimum absolute atomic E-state index is 0.128. The average molecular weight is 198 g/mol. The van der Waals surface area contributed by atoms with Crippen LogP contribution < -0.4 is 0 Å². The fourth-order valence-corrected chi connectivity index (χ4v) is 1.70. The lowest BCUT2D eigenvalue weighted by Gasteiger charge is -2.04. The smallest absolute Gasteiger partial charge is 0.115 e. The number of rotatable bonds is 3. The Hall–Kier alpha value is -1.76. The normalized spacial score (nSPS) is 14.0. The molecule has 0 fully saturated rings. The van der Waals surface area contributed by atoms with Gasteiger partial charge in [0.2, 0.25) is 0 Å². The van der Waals surface area contributed by atoms with Crippen LogP contribution in [0, 0.1) is 0 Å². The van der Waals surface area contributed by atoms with Crippen LogP contribution in [0.25, 0.3) is 5.76 Å². The minimum Gasteiger partial charge on any atom is -0.508 e. The van der Waals surface area contributed by atoms with Crippen molar-refractivity contribution in [2.75, 3.05) is 0 Å². The topological polar surface area (TPSA) is 20.2 Å². The molecule has 1 aromatic carbocycles. The summed E-state index contributed by atoms with van der Waals surface area (Å²) in [6.07, 6.45) is 8.48. The Labute approximate surface area is 90.1 Å². The van der Waals surface area contributed by atoms with Crippen molar-refractivity contribution in [1.82, 2.24) is 0 Å². The summed E-state index contributed by atoms with van der Waals surface area (Å²) in [6, 6.07) is 7.88. The van der Waals surface area contributed by atoms with E-state index in [-0.39, 0.29) is 5.76 Å². The summed E-state index contributed by atoms with van der Waals surface area (Å²) in [5.74, 6) is 0.128. The maximum atomic E-state index is 9.18. The summed E-state index contributed by atoms with van der Waals surface area (Å²) in [4.78, 5) is 0. The molecule has 0 unspecified atom stereocenters. The highest BCUT2D eigenvalue weighted by molar-refractivity contribution is 5.56. The van der Waals surface area contributed by atoms with Crippen molar-refractivity contribution in [2.24, 2.45) is 0 Å². The van der Waals surface area contributed by atoms with Gasteiger partial charge in [0, 0.05) is 5.56 Å². The van der Waals surface area contributed by atoms with Crippen molar-refractivity contribution in [2.45, 2.75) is 12.8 Å². The summed E-state index contributed by atoms with van der Waals surface area (Å²) < 4.78 is 0. The van der Waals surface area contributed by atoms with E-state index < -0.39 is 0 Å². The Morgan fingerprint density at radius 3 is 2.53 bits per heavy atom. The zero-order valence-electron chi connectivity index (χ0n) is 8.61. The fraction of sp³-hybridized carbons (Fsp3) is 0.143. The molecular formula is C14H14O. The van der Waals surface area contributed by atoms with Crippen molar-refractivity contribution < 1.29 is 5.11 Å². The van der Waals surface area contributed by atoms with Gasteiger partial charge in [0.1, 0.15) is 5.76 Å². The summed E-state index contributed by atoms with van der Waals surface area (Å²) in [5, 5.41) is 9.18. The van der Waals surface area contributed by atoms with Gasteiger partial charge in [0.25, 0.3) is 0 Å². The first-order valence-corrected chi connectivity index (χ1v) is 5.07. The molecule has 15 heavy (non-hydrogen) atoms. The summed E-state index contributed by atoms with van der Waals surface area (Å²) in [6.45, 7) is 3.49. The van der Waals surface area contributed by atoms with Crippen LogP contribution in [0.5, 0.6) is 0 Å². The molecule has 1 aliphatic rings. The van der Waals surface area contributed by atoms with E-state index >= 15 is 0 Å². The third kappa shape index (κ3) is 2.38. The number of hydrogen-bond acceptors (Lipinski definition) is 1. The van der Waals surface area contributed by atoms with Crippen LogP contribution in [0.3, 0.4) is 0 Å². The van der Waals surface area contributed by atoms with Gasteiger partial charge < -0.3 is 5.11 Å². The van der Waals surface area contributed by atoms with Crippen LogP contribution in [-0.4, -0.2) is 5.11 Å². The molecule has 0 amide bonds. The van der Waals surface area contributed by atoms with E-state index in [1.54, 1.807) is 0 Å². The first-order chi connectivity index (χ1) is 7.25. The molecule has 1 aromatic rings. The molecule has 0 aromatic heterocycles. The molecule has 1 N–H and O–H groups in total. The third-order valence-electron chi connectivity index (χ3n) is 2.57. The summed E-state index contributed by atoms with van der Waals surface area (Å²) in [5.41, 5.74) is 3.50. The molecule has 0 saturated carbocycles. The van der Waals surface area contributed by atoms with E-state index in [4.69, 9.17) is 0 Å². The Balaban J connectivity index is 2.07. The number of aliphatic hydroxyl groups is 1. The standard InChI is InChI=1S/C14H14O/c1-11(15)14-8-6-13(7-9-14)10-12-4-2-3-5-12/h2-4,6-9,15H,1,5,10H2. The summed E-state index contributed by atoms with van der Waals surface area (Å²) >= 11 is 0. The minimum atomic E-state index is 0.128. The lowest BCUT2D eigenvalue weighted by atomic mass is 10.0. The zero-order valence-corrected chi connectivity index (χ0v) is 8.61. The molecule has 0 spiro atoms. The zero-order chi connectivity index (χ0) is 10.7. The maximum Gasteiger partial charge on any atom is 0.115 e. The largest absolute Gasteiger partial charge is 0.508 e. The molecule has 0 radical (unpaired) electrons. The SMILES string of the molecule is C=C(O)c1ccc(CC2=CC=CC2)cc1. The van der Waals surface area contributed by atoms with Crippen LogP contribution in [0.1, 0.15) is 17.5 Å². The molecule has 0 heterocycles. The third-order valence-corrected chi connectivity index (χ3v) is 2.57. The quantitative estimate of drug-likeness (QED) is 0.735. The number of allylic oxidation sites excluding steroid dienone is 4. The van der Waals surface area contributed by atoms with Crippen LogP contribution in [0.15, 0.2) is 54.6 Å². The lowest BCUT2D eigenvalue weighted by molar-refractivity contribution is 0.514. The molecule has 0 bridgehead atoms. The number of aliphatic hydroxyl groups excluding tert-OH is 1. The van der Waals surface area contributed by atoms with Gasteiger partial charge in [0.05, 0.1) is 0 Å². The monoisotopic (exact) mass is 198 g/mol. The van der Waals surface area contributed by atoms with Crippen molar-refractivity contribution in [1.29, 1.82) is 0 Å². The van der Waals surface area contributed by atoms with Gasteiger partial charge in [-0.05, 0) is 18.4 Å². The second-order valence-corrected chi connectivity index (χ2v) is 3.78. The first kappa shape index (κ1) is 9.78. The van der Waals surface area contributed by atoms with Gasteiger partial charge in [-0.2, -0.15) is 0 Å². The predicted octanol–water partition coefficient (Wildman–Crippen LogP) is 3.64. The van der Waals surface area contributed by atoms with E-state index in [0.717, 1.165) is 18.4 Å². The number of hydrogen-bond donors (Lipinski definition) is 1. The lowest BCUT2D eigenvalue weighted by Crippen LogP contribution is -1.89. The van der Waals surface area contributed by atoms with E-state index in [1.165, 1.54) is 11.1 Å². The van der Waals surface area contributed by atoms with Gasteiger partial charge in [-0.1, -0.05) is 54.6 Å². The Kier molecular flexibility index (Phi) is 2.72. The molecule has 0 atom stereocenters. The molecule has 1 aliphatic carbocycles. The average Bonchev–Trinajstić information content (AvgIpc) is 2.71. The number of benzene rings is 1. The Morgan fingerprint density at radius 1 is 1.27 bits per heavy atom. The van der Waals surface area contributed by atoms with Crippen LogP contribution >= 0.6 is 0 Å². The second-order valence-electron chi connectivity index (χ2n) is 3.78. The molecule has 2 rings (SSSR count). The van der Waals surface area contributed by atoms with E-state index in [1.807, 2.05) is 24.3 Å². The van der Waals surface area contributed by atoms with Crippen LogP contribution in [-0.2, 0) is 6.42 Å². The van der Waals surface area contributed by atoms with E-state index in [0.29, 0.717) is 0 Å². The maximum absolute atomic E-state index is 9.18. The predicted molar refractivity (Wildman–Crippen MR) is 63.6 cm³/mol. The van der Waals surface area contributed by atoms with Gasteiger partial charge in [-0.25, -0.2) is 0 Å². The highest BCUT2D eigenvalue weighted by Gasteiger charge is 2.02. The Morgan fingerprint density at radius 2 is 2.00 bits per heavy atom. The van der Waals surface area contributed by atoms with Crippen LogP contribution in [0.2, 0.25) is 0 Å². The van der Waals surface area contributed by atoms with Gasteiger partial charge >= 0.3 is 0 Å². The molecular weight excluding hydrogens is 184 g/mol. The summed E-state index contributed by atoms with van der Waals surface area (Å²) in [7, 11) is 0. The highest BCUT2D eigenvalue weighted by atomic mass is 16.3. The van der Waals surface area contributed by atoms with Crippen molar-refractivity contribution in [3.63, 3.8) is 0 Å². The molecule has 1 heteroatoms. The van der Waals surface area contributed by atoms with E-state index in [2.05, 4.69) is 24.8 Å². The molecule has 1 nitrogen and oxygen atoms in total. The molecule has 76 valence electrons. The van der Waals surface area contributed by atoms with Crippen molar-refractivity contribution in [3.05, 3.63) is 65.8 Å².